The monoisotopic (exact) mass is 503 g/mol. The van der Waals surface area contributed by atoms with Crippen molar-refractivity contribution in [2.75, 3.05) is 0 Å². The Bertz CT molecular complexity index is 1090. The first kappa shape index (κ1) is 23.3. The molecule has 8 saturated carbocycles. The summed E-state index contributed by atoms with van der Waals surface area (Å²) < 4.78 is 6.26. The molecule has 0 atom stereocenters. The highest BCUT2D eigenvalue weighted by Crippen LogP contribution is 2.62. The molecule has 0 aromatic carbocycles. The maximum Gasteiger partial charge on any atom is 0.317 e. The molecule has 0 saturated heterocycles. The van der Waals surface area contributed by atoms with Crippen LogP contribution in [0.3, 0.4) is 0 Å². The lowest BCUT2D eigenvalue weighted by atomic mass is 9.49. The van der Waals surface area contributed by atoms with E-state index in [2.05, 4.69) is 10.9 Å². The summed E-state index contributed by atoms with van der Waals surface area (Å²) in [7, 11) is 0. The van der Waals surface area contributed by atoms with E-state index in [0.29, 0.717) is 45.6 Å². The number of pyridine rings is 1. The van der Waals surface area contributed by atoms with Gasteiger partial charge in [-0.1, -0.05) is 17.7 Å². The first-order valence-electron chi connectivity index (χ1n) is 14.2. The zero-order chi connectivity index (χ0) is 24.7. The Labute approximate surface area is 219 Å². The molecule has 0 unspecified atom stereocenters. The molecular weight excluding hydrogens is 466 g/mol. The summed E-state index contributed by atoms with van der Waals surface area (Å²) >= 11 is 1.40. The first-order chi connectivity index (χ1) is 17.3. The molecule has 8 fully saturated rings. The van der Waals surface area contributed by atoms with Crippen LogP contribution in [0.4, 0.5) is 0 Å². The van der Waals surface area contributed by atoms with Gasteiger partial charge in [0.1, 0.15) is 0 Å². The van der Waals surface area contributed by atoms with E-state index in [1.807, 2.05) is 6.92 Å². The maximum atomic E-state index is 13.8. The molecule has 9 rings (SSSR count). The lowest BCUT2D eigenvalue weighted by molar-refractivity contribution is -0.161. The minimum Gasteiger partial charge on any atom is -0.424 e. The standard InChI is InChI=1S/C31H37NO3S/c1-3-25-16-32-18(2)27(35-28(33)30-10-19-4-20(11-30)6-21(5-19)12-30)26(25)17-36-29(34)31-13-22-7-23(14-31)9-24(8-22)15-31/h1,16,19-24H,4-15,17H2,2H3. The molecule has 1 aromatic heterocycles. The summed E-state index contributed by atoms with van der Waals surface area (Å²) in [5.41, 5.74) is 1.64. The normalized spacial score (nSPS) is 41.3. The van der Waals surface area contributed by atoms with E-state index >= 15 is 0 Å². The summed E-state index contributed by atoms with van der Waals surface area (Å²) in [5.74, 6) is 7.87. The van der Waals surface area contributed by atoms with Crippen LogP contribution in [-0.2, 0) is 15.3 Å². The fraction of sp³-hybridized carbons (Fsp3) is 0.710. The zero-order valence-corrected chi connectivity index (χ0v) is 22.2. The van der Waals surface area contributed by atoms with Crippen LogP contribution in [0.2, 0.25) is 0 Å². The summed E-state index contributed by atoms with van der Waals surface area (Å²) in [5, 5.41) is 0.331. The van der Waals surface area contributed by atoms with E-state index in [-0.39, 0.29) is 16.8 Å². The van der Waals surface area contributed by atoms with Crippen molar-refractivity contribution in [2.24, 2.45) is 46.3 Å². The SMILES string of the molecule is C#Cc1cnc(C)c(OC(=O)C23CC4CC(CC(C4)C2)C3)c1CSC(=O)C12CC3CC(CC(C3)C1)C2. The number of rotatable bonds is 5. The Morgan fingerprint density at radius 2 is 1.39 bits per heavy atom. The Morgan fingerprint density at radius 1 is 0.917 bits per heavy atom. The molecule has 1 aromatic rings. The van der Waals surface area contributed by atoms with E-state index in [1.54, 1.807) is 6.20 Å². The number of terminal acetylenes is 1. The van der Waals surface area contributed by atoms with Crippen molar-refractivity contribution in [3.8, 4) is 18.1 Å². The third kappa shape index (κ3) is 3.69. The Hall–Kier alpha value is -1.80. The molecule has 0 radical (unpaired) electrons. The number of carbonyl (C=O) groups excluding carboxylic acids is 2. The zero-order valence-electron chi connectivity index (χ0n) is 21.4. The highest BCUT2D eigenvalue weighted by Gasteiger charge is 2.56. The Kier molecular flexibility index (Phi) is 5.41. The van der Waals surface area contributed by atoms with Gasteiger partial charge < -0.3 is 4.74 Å². The van der Waals surface area contributed by atoms with Gasteiger partial charge in [-0.05, 0) is 119 Å². The molecule has 0 aliphatic heterocycles. The van der Waals surface area contributed by atoms with Gasteiger partial charge in [-0.25, -0.2) is 0 Å². The molecule has 8 aliphatic rings. The highest BCUT2D eigenvalue weighted by molar-refractivity contribution is 8.13. The van der Waals surface area contributed by atoms with E-state index in [9.17, 15) is 9.59 Å². The van der Waals surface area contributed by atoms with Crippen LogP contribution in [0, 0.1) is 65.6 Å². The molecular formula is C31H37NO3S. The van der Waals surface area contributed by atoms with Crippen molar-refractivity contribution in [3.05, 3.63) is 23.0 Å². The van der Waals surface area contributed by atoms with Crippen LogP contribution < -0.4 is 4.74 Å². The maximum absolute atomic E-state index is 13.8. The summed E-state index contributed by atoms with van der Waals surface area (Å²) in [6.07, 6.45) is 21.5. The van der Waals surface area contributed by atoms with Gasteiger partial charge in [0.2, 0.25) is 0 Å². The van der Waals surface area contributed by atoms with Gasteiger partial charge in [0.05, 0.1) is 16.7 Å². The number of ether oxygens (including phenoxy) is 1. The van der Waals surface area contributed by atoms with Crippen LogP contribution in [0.15, 0.2) is 6.20 Å². The molecule has 8 aliphatic carbocycles. The molecule has 0 amide bonds. The third-order valence-electron chi connectivity index (χ3n) is 11.0. The van der Waals surface area contributed by atoms with Gasteiger partial charge in [0.15, 0.2) is 10.9 Å². The molecule has 36 heavy (non-hydrogen) atoms. The van der Waals surface area contributed by atoms with E-state index < -0.39 is 0 Å². The molecule has 0 N–H and O–H groups in total. The van der Waals surface area contributed by atoms with E-state index in [1.165, 1.54) is 50.3 Å². The van der Waals surface area contributed by atoms with Crippen LogP contribution >= 0.6 is 11.8 Å². The molecule has 4 nitrogen and oxygen atoms in total. The van der Waals surface area contributed by atoms with Crippen molar-refractivity contribution in [2.45, 2.75) is 89.7 Å². The number of carbonyl (C=O) groups is 2. The van der Waals surface area contributed by atoms with Gasteiger partial charge in [-0.3, -0.25) is 14.6 Å². The topological polar surface area (TPSA) is 56.3 Å². The van der Waals surface area contributed by atoms with Gasteiger partial charge >= 0.3 is 5.97 Å². The number of thioether (sulfide) groups is 1. The quantitative estimate of drug-likeness (QED) is 0.340. The molecule has 0 spiro atoms. The van der Waals surface area contributed by atoms with Crippen molar-refractivity contribution in [1.29, 1.82) is 0 Å². The lowest BCUT2D eigenvalue weighted by Crippen LogP contribution is -2.51. The van der Waals surface area contributed by atoms with Crippen molar-refractivity contribution in [1.82, 2.24) is 4.98 Å². The van der Waals surface area contributed by atoms with Crippen LogP contribution in [0.5, 0.6) is 5.75 Å². The Morgan fingerprint density at radius 3 is 1.86 bits per heavy atom. The smallest absolute Gasteiger partial charge is 0.317 e. The third-order valence-corrected chi connectivity index (χ3v) is 12.1. The fourth-order valence-electron chi connectivity index (χ4n) is 10.3. The number of hydrogen-bond acceptors (Lipinski definition) is 5. The number of esters is 1. The predicted octanol–water partition coefficient (Wildman–Crippen LogP) is 6.47. The van der Waals surface area contributed by atoms with E-state index in [0.717, 1.165) is 61.8 Å². The molecule has 1 heterocycles. The molecule has 190 valence electrons. The molecule has 5 heteroatoms. The van der Waals surface area contributed by atoms with Crippen molar-refractivity contribution in [3.63, 3.8) is 0 Å². The Balaban J connectivity index is 1.13. The van der Waals surface area contributed by atoms with E-state index in [4.69, 9.17) is 11.2 Å². The largest absolute Gasteiger partial charge is 0.424 e. The van der Waals surface area contributed by atoms with Gasteiger partial charge in [-0.2, -0.15) is 0 Å². The lowest BCUT2D eigenvalue weighted by Gasteiger charge is -2.55. The number of hydrogen-bond donors (Lipinski definition) is 0. The predicted molar refractivity (Wildman–Crippen MR) is 140 cm³/mol. The van der Waals surface area contributed by atoms with Gasteiger partial charge in [0.25, 0.3) is 0 Å². The average Bonchev–Trinajstić information content (AvgIpc) is 2.82. The van der Waals surface area contributed by atoms with Crippen LogP contribution in [0.25, 0.3) is 0 Å². The minimum atomic E-state index is -0.341. The summed E-state index contributed by atoms with van der Waals surface area (Å²) in [6, 6.07) is 0. The fourth-order valence-corrected chi connectivity index (χ4v) is 11.4. The first-order valence-corrected chi connectivity index (χ1v) is 15.2. The van der Waals surface area contributed by atoms with Gasteiger partial charge in [-0.15, -0.1) is 6.42 Å². The number of aryl methyl sites for hydroxylation is 1. The van der Waals surface area contributed by atoms with Crippen LogP contribution in [-0.4, -0.2) is 16.1 Å². The molecule has 8 bridgehead atoms. The van der Waals surface area contributed by atoms with Gasteiger partial charge in [0, 0.05) is 22.9 Å². The second kappa shape index (κ2) is 8.35. The number of nitrogens with zero attached hydrogens (tertiary/aromatic N) is 1. The van der Waals surface area contributed by atoms with Crippen LogP contribution in [0.1, 0.15) is 93.9 Å². The second-order valence-electron chi connectivity index (χ2n) is 13.6. The number of aromatic nitrogens is 1. The highest BCUT2D eigenvalue weighted by atomic mass is 32.2. The summed E-state index contributed by atoms with van der Waals surface area (Å²) in [4.78, 5) is 31.9. The average molecular weight is 504 g/mol. The summed E-state index contributed by atoms with van der Waals surface area (Å²) in [6.45, 7) is 1.89. The van der Waals surface area contributed by atoms with Crippen molar-refractivity contribution >= 4 is 22.8 Å². The van der Waals surface area contributed by atoms with Crippen molar-refractivity contribution < 1.29 is 14.3 Å². The minimum absolute atomic E-state index is 0.0840. The second-order valence-corrected chi connectivity index (χ2v) is 14.5.